The zero-order valence-electron chi connectivity index (χ0n) is 18.8. The molecule has 4 aromatic rings. The first kappa shape index (κ1) is 22.7. The molecule has 34 heavy (non-hydrogen) atoms. The Balaban J connectivity index is 1.08. The highest BCUT2D eigenvalue weighted by atomic mass is 32.2. The summed E-state index contributed by atoms with van der Waals surface area (Å²) in [7, 11) is 1.68. The third kappa shape index (κ3) is 5.18. The Morgan fingerprint density at radius 1 is 1.06 bits per heavy atom. The molecule has 2 aromatic heterocycles. The molecule has 8 nitrogen and oxygen atoms in total. The maximum absolute atomic E-state index is 12.7. The number of aryl methyl sites for hydroxylation is 2. The van der Waals surface area contributed by atoms with Gasteiger partial charge in [0.15, 0.2) is 0 Å². The minimum absolute atomic E-state index is 0.0823. The van der Waals surface area contributed by atoms with Gasteiger partial charge in [-0.3, -0.25) is 4.79 Å². The number of amides is 1. The van der Waals surface area contributed by atoms with E-state index in [1.807, 2.05) is 41.3 Å². The molecule has 1 amide bonds. The molecule has 1 aliphatic rings. The fourth-order valence-corrected chi connectivity index (χ4v) is 5.59. The summed E-state index contributed by atoms with van der Waals surface area (Å²) in [5.41, 5.74) is 2.09. The van der Waals surface area contributed by atoms with E-state index in [1.165, 1.54) is 16.5 Å². The average molecular weight is 496 g/mol. The van der Waals surface area contributed by atoms with Crippen LogP contribution in [0.5, 0.6) is 5.75 Å². The monoisotopic (exact) mass is 495 g/mol. The smallest absolute Gasteiger partial charge is 0.277 e. The van der Waals surface area contributed by atoms with Crippen molar-refractivity contribution >= 4 is 44.9 Å². The van der Waals surface area contributed by atoms with Crippen molar-refractivity contribution in [1.82, 2.24) is 20.1 Å². The fraction of sp³-hybridized carbons (Fsp3) is 0.333. The number of fused-ring (bicyclic) bond motifs is 1. The van der Waals surface area contributed by atoms with Crippen molar-refractivity contribution in [3.8, 4) is 5.75 Å². The Bertz CT molecular complexity index is 1230. The second-order valence-corrected chi connectivity index (χ2v) is 9.91. The minimum Gasteiger partial charge on any atom is -0.495 e. The van der Waals surface area contributed by atoms with E-state index < -0.39 is 0 Å². The number of nitrogens with zero attached hydrogens (tertiary/aromatic N) is 5. The van der Waals surface area contributed by atoms with Crippen molar-refractivity contribution in [3.05, 3.63) is 59.4 Å². The van der Waals surface area contributed by atoms with E-state index in [0.717, 1.165) is 41.5 Å². The molecule has 1 fully saturated rings. The van der Waals surface area contributed by atoms with E-state index >= 15 is 0 Å². The molecule has 0 atom stereocenters. The van der Waals surface area contributed by atoms with Crippen molar-refractivity contribution in [2.45, 2.75) is 18.1 Å². The summed E-state index contributed by atoms with van der Waals surface area (Å²) in [6.45, 7) is 2.89. The number of rotatable bonds is 8. The number of aromatic nitrogens is 3. The highest BCUT2D eigenvalue weighted by Gasteiger charge is 2.23. The van der Waals surface area contributed by atoms with Crippen LogP contribution >= 0.6 is 23.1 Å². The maximum Gasteiger partial charge on any atom is 0.277 e. The van der Waals surface area contributed by atoms with Gasteiger partial charge in [-0.1, -0.05) is 36.0 Å². The maximum atomic E-state index is 12.7. The van der Waals surface area contributed by atoms with Gasteiger partial charge in [-0.05, 0) is 24.3 Å². The van der Waals surface area contributed by atoms with Crippen molar-refractivity contribution in [2.24, 2.45) is 0 Å². The highest BCUT2D eigenvalue weighted by molar-refractivity contribution is 7.99. The second kappa shape index (κ2) is 10.4. The number of para-hydroxylation sites is 3. The molecule has 5 rings (SSSR count). The summed E-state index contributed by atoms with van der Waals surface area (Å²) in [6.07, 6.45) is 1.38. The number of hydrogen-bond acceptors (Lipinski definition) is 9. The van der Waals surface area contributed by atoms with Crippen molar-refractivity contribution in [3.63, 3.8) is 0 Å². The fourth-order valence-electron chi connectivity index (χ4n) is 3.94. The molecule has 0 bridgehead atoms. The predicted octanol–water partition coefficient (Wildman–Crippen LogP) is 3.91. The second-order valence-electron chi connectivity index (χ2n) is 7.87. The van der Waals surface area contributed by atoms with E-state index in [2.05, 4.69) is 32.2 Å². The van der Waals surface area contributed by atoms with Crippen LogP contribution in [-0.4, -0.2) is 65.0 Å². The molecule has 0 aliphatic carbocycles. The van der Waals surface area contributed by atoms with E-state index in [4.69, 9.17) is 9.15 Å². The summed E-state index contributed by atoms with van der Waals surface area (Å²) in [6, 6.07) is 16.1. The van der Waals surface area contributed by atoms with Gasteiger partial charge in [0.1, 0.15) is 5.75 Å². The van der Waals surface area contributed by atoms with Crippen LogP contribution in [0.1, 0.15) is 10.9 Å². The number of piperazine rings is 1. The highest BCUT2D eigenvalue weighted by Crippen LogP contribution is 2.28. The number of benzene rings is 2. The van der Waals surface area contributed by atoms with Crippen molar-refractivity contribution in [2.75, 3.05) is 43.9 Å². The van der Waals surface area contributed by atoms with Crippen LogP contribution in [0.3, 0.4) is 0 Å². The molecule has 0 N–H and O–H groups in total. The van der Waals surface area contributed by atoms with Crippen molar-refractivity contribution in [1.29, 1.82) is 0 Å². The van der Waals surface area contributed by atoms with Gasteiger partial charge in [-0.15, -0.1) is 21.5 Å². The SMILES string of the molecule is COc1ccccc1N1CCN(C(=O)CSc2nnc(CCc3nc4ccccc4s3)o2)CC1. The number of carbonyl (C=O) groups excluding carboxylic acids is 1. The summed E-state index contributed by atoms with van der Waals surface area (Å²) >= 11 is 2.98. The van der Waals surface area contributed by atoms with Gasteiger partial charge in [-0.2, -0.15) is 0 Å². The first-order chi connectivity index (χ1) is 16.7. The first-order valence-electron chi connectivity index (χ1n) is 11.1. The number of thiazole rings is 1. The molecule has 0 radical (unpaired) electrons. The van der Waals surface area contributed by atoms with Crippen molar-refractivity contribution < 1.29 is 13.9 Å². The summed E-state index contributed by atoms with van der Waals surface area (Å²) < 4.78 is 12.4. The standard InChI is InChI=1S/C24H25N5O3S2/c1-31-19-8-4-3-7-18(19)28-12-14-29(15-13-28)23(30)16-33-24-27-26-21(32-24)10-11-22-25-17-6-2-5-9-20(17)34-22/h2-9H,10-16H2,1H3. The molecular formula is C24H25N5O3S2. The Hall–Kier alpha value is -3.11. The van der Waals surface area contributed by atoms with E-state index in [-0.39, 0.29) is 11.7 Å². The summed E-state index contributed by atoms with van der Waals surface area (Å²) in [4.78, 5) is 21.5. The van der Waals surface area contributed by atoms with Gasteiger partial charge in [-0.25, -0.2) is 4.98 Å². The molecule has 2 aromatic carbocycles. The molecule has 176 valence electrons. The normalized spacial score (nSPS) is 14.0. The molecule has 0 spiro atoms. The van der Waals surface area contributed by atoms with Gasteiger partial charge in [0.05, 0.1) is 33.8 Å². The number of carbonyl (C=O) groups is 1. The molecule has 0 saturated carbocycles. The van der Waals surface area contributed by atoms with Gasteiger partial charge in [0.2, 0.25) is 11.8 Å². The Morgan fingerprint density at radius 2 is 1.85 bits per heavy atom. The van der Waals surface area contributed by atoms with Gasteiger partial charge >= 0.3 is 0 Å². The quantitative estimate of drug-likeness (QED) is 0.340. The Kier molecular flexibility index (Phi) is 6.96. The van der Waals surface area contributed by atoms with Crippen LogP contribution < -0.4 is 9.64 Å². The minimum atomic E-state index is 0.0823. The largest absolute Gasteiger partial charge is 0.495 e. The van der Waals surface area contributed by atoms with Gasteiger partial charge in [0, 0.05) is 39.0 Å². The first-order valence-corrected chi connectivity index (χ1v) is 12.9. The number of anilines is 1. The third-order valence-electron chi connectivity index (χ3n) is 5.72. The number of methoxy groups -OCH3 is 1. The van der Waals surface area contributed by atoms with E-state index in [1.54, 1.807) is 18.4 Å². The zero-order chi connectivity index (χ0) is 23.3. The van der Waals surface area contributed by atoms with E-state index in [9.17, 15) is 4.79 Å². The average Bonchev–Trinajstić information content (AvgIpc) is 3.52. The number of ether oxygens (including phenoxy) is 1. The lowest BCUT2D eigenvalue weighted by molar-refractivity contribution is -0.128. The third-order valence-corrected chi connectivity index (χ3v) is 7.62. The number of hydrogen-bond donors (Lipinski definition) is 0. The predicted molar refractivity (Wildman–Crippen MR) is 134 cm³/mol. The Morgan fingerprint density at radius 3 is 2.68 bits per heavy atom. The molecule has 1 aliphatic heterocycles. The molecule has 0 unspecified atom stereocenters. The van der Waals surface area contributed by atoms with E-state index in [0.29, 0.717) is 30.6 Å². The van der Waals surface area contributed by atoms with Crippen LogP contribution in [-0.2, 0) is 17.6 Å². The summed E-state index contributed by atoms with van der Waals surface area (Å²) in [5.74, 6) is 1.79. The molecular weight excluding hydrogens is 470 g/mol. The van der Waals surface area contributed by atoms with Gasteiger partial charge in [0.25, 0.3) is 5.22 Å². The molecule has 1 saturated heterocycles. The summed E-state index contributed by atoms with van der Waals surface area (Å²) in [5, 5.41) is 9.71. The lowest BCUT2D eigenvalue weighted by Crippen LogP contribution is -2.49. The van der Waals surface area contributed by atoms with Gasteiger partial charge < -0.3 is 19.0 Å². The zero-order valence-corrected chi connectivity index (χ0v) is 20.5. The van der Waals surface area contributed by atoms with Crippen LogP contribution in [0.2, 0.25) is 0 Å². The van der Waals surface area contributed by atoms with Crippen LogP contribution in [0, 0.1) is 0 Å². The lowest BCUT2D eigenvalue weighted by atomic mass is 10.2. The lowest BCUT2D eigenvalue weighted by Gasteiger charge is -2.36. The molecule has 3 heterocycles. The topological polar surface area (TPSA) is 84.6 Å². The molecule has 10 heteroatoms. The number of thioether (sulfide) groups is 1. The van der Waals surface area contributed by atoms with Crippen LogP contribution in [0.25, 0.3) is 10.2 Å². The van der Waals surface area contributed by atoms with Crippen LogP contribution in [0.15, 0.2) is 58.2 Å². The van der Waals surface area contributed by atoms with Crippen LogP contribution in [0.4, 0.5) is 5.69 Å². The Labute approximate surface area is 205 Å².